The Balaban J connectivity index is 1.38. The second-order valence-corrected chi connectivity index (χ2v) is 10.2. The monoisotopic (exact) mass is 541 g/mol. The molecular weight excluding hydrogens is 517 g/mol. The van der Waals surface area contributed by atoms with Crippen LogP contribution in [0.25, 0.3) is 6.08 Å². The molecular formula is C25H24F5N3O3S. The zero-order valence-electron chi connectivity index (χ0n) is 19.6. The van der Waals surface area contributed by atoms with Gasteiger partial charge >= 0.3 is 6.18 Å². The quantitative estimate of drug-likeness (QED) is 0.403. The van der Waals surface area contributed by atoms with E-state index in [1.807, 2.05) is 0 Å². The maximum atomic E-state index is 14.7. The molecule has 1 aliphatic heterocycles. The fourth-order valence-corrected chi connectivity index (χ4v) is 5.22. The molecule has 0 spiro atoms. The van der Waals surface area contributed by atoms with E-state index in [4.69, 9.17) is 9.47 Å². The van der Waals surface area contributed by atoms with Gasteiger partial charge in [0.2, 0.25) is 0 Å². The number of ether oxygens (including phenoxy) is 2. The van der Waals surface area contributed by atoms with Crippen LogP contribution in [0.1, 0.15) is 23.6 Å². The zero-order chi connectivity index (χ0) is 26.6. The van der Waals surface area contributed by atoms with Gasteiger partial charge in [0.15, 0.2) is 6.29 Å². The number of hydrogen-bond donors (Lipinski definition) is 1. The highest BCUT2D eigenvalue weighted by molar-refractivity contribution is 8.00. The van der Waals surface area contributed by atoms with Crippen molar-refractivity contribution in [3.05, 3.63) is 89.5 Å². The highest BCUT2D eigenvalue weighted by Gasteiger charge is 2.41. The Morgan fingerprint density at radius 2 is 1.84 bits per heavy atom. The van der Waals surface area contributed by atoms with Crippen molar-refractivity contribution in [1.29, 1.82) is 0 Å². The first-order valence-corrected chi connectivity index (χ1v) is 12.2. The first-order valence-electron chi connectivity index (χ1n) is 11.3. The van der Waals surface area contributed by atoms with Crippen LogP contribution in [-0.4, -0.2) is 49.9 Å². The van der Waals surface area contributed by atoms with E-state index in [0.29, 0.717) is 5.56 Å². The SMILES string of the molecule is C[C@H](SC1COC(/C=C/c2ccc(C(F)(F)F)cc2)OC1)[C@](O)(Cn1cncn1)c1ccc(F)cc1F. The van der Waals surface area contributed by atoms with Crippen LogP contribution in [0, 0.1) is 11.6 Å². The van der Waals surface area contributed by atoms with Gasteiger partial charge in [0.25, 0.3) is 0 Å². The molecule has 1 N–H and O–H groups in total. The van der Waals surface area contributed by atoms with Crippen molar-refractivity contribution in [2.24, 2.45) is 0 Å². The van der Waals surface area contributed by atoms with Crippen molar-refractivity contribution in [3.63, 3.8) is 0 Å². The van der Waals surface area contributed by atoms with Gasteiger partial charge in [0, 0.05) is 16.9 Å². The van der Waals surface area contributed by atoms with Crippen molar-refractivity contribution in [2.75, 3.05) is 13.2 Å². The highest BCUT2D eigenvalue weighted by atomic mass is 32.2. The summed E-state index contributed by atoms with van der Waals surface area (Å²) in [5.74, 6) is -1.63. The maximum Gasteiger partial charge on any atom is 0.416 e. The Labute approximate surface area is 214 Å². The van der Waals surface area contributed by atoms with E-state index < -0.39 is 40.5 Å². The number of hydrogen-bond acceptors (Lipinski definition) is 6. The molecule has 0 unspecified atom stereocenters. The molecule has 2 aromatic carbocycles. The van der Waals surface area contributed by atoms with Crippen LogP contribution in [0.3, 0.4) is 0 Å². The third kappa shape index (κ3) is 6.75. The van der Waals surface area contributed by atoms with Crippen LogP contribution in [0.4, 0.5) is 22.0 Å². The molecule has 2 atom stereocenters. The maximum absolute atomic E-state index is 14.7. The van der Waals surface area contributed by atoms with E-state index in [-0.39, 0.29) is 30.6 Å². The largest absolute Gasteiger partial charge is 0.416 e. The van der Waals surface area contributed by atoms with Crippen molar-refractivity contribution < 1.29 is 36.5 Å². The Hall–Kier alpha value is -2.80. The van der Waals surface area contributed by atoms with Crippen LogP contribution >= 0.6 is 11.8 Å². The molecule has 12 heteroatoms. The summed E-state index contributed by atoms with van der Waals surface area (Å²) >= 11 is 1.32. The molecule has 1 saturated heterocycles. The Morgan fingerprint density at radius 1 is 1.14 bits per heavy atom. The van der Waals surface area contributed by atoms with Crippen molar-refractivity contribution in [3.8, 4) is 0 Å². The smallest absolute Gasteiger partial charge is 0.382 e. The summed E-state index contributed by atoms with van der Waals surface area (Å²) < 4.78 is 79.1. The first-order chi connectivity index (χ1) is 17.5. The fraction of sp³-hybridized carbons (Fsp3) is 0.360. The van der Waals surface area contributed by atoms with E-state index in [9.17, 15) is 27.1 Å². The fourth-order valence-electron chi connectivity index (χ4n) is 3.90. The summed E-state index contributed by atoms with van der Waals surface area (Å²) in [7, 11) is 0. The van der Waals surface area contributed by atoms with Gasteiger partial charge < -0.3 is 14.6 Å². The predicted octanol–water partition coefficient (Wildman–Crippen LogP) is 5.04. The second-order valence-electron chi connectivity index (χ2n) is 8.56. The summed E-state index contributed by atoms with van der Waals surface area (Å²) in [6.45, 7) is 2.11. The average molecular weight is 542 g/mol. The number of aromatic nitrogens is 3. The average Bonchev–Trinajstić information content (AvgIpc) is 3.36. The van der Waals surface area contributed by atoms with Gasteiger partial charge in [0.1, 0.15) is 29.9 Å². The molecule has 0 bridgehead atoms. The van der Waals surface area contributed by atoms with Gasteiger partial charge in [0.05, 0.1) is 30.6 Å². The summed E-state index contributed by atoms with van der Waals surface area (Å²) in [5.41, 5.74) is -1.99. The Bertz CT molecular complexity index is 1200. The minimum absolute atomic E-state index is 0.0700. The van der Waals surface area contributed by atoms with Crippen LogP contribution in [0.2, 0.25) is 0 Å². The zero-order valence-corrected chi connectivity index (χ0v) is 20.4. The van der Waals surface area contributed by atoms with Crippen molar-refractivity contribution in [2.45, 2.75) is 42.0 Å². The highest BCUT2D eigenvalue weighted by Crippen LogP contribution is 2.38. The van der Waals surface area contributed by atoms with Gasteiger partial charge in [-0.25, -0.2) is 18.4 Å². The Kier molecular flexibility index (Phi) is 8.32. The van der Waals surface area contributed by atoms with Gasteiger partial charge in [-0.3, -0.25) is 0 Å². The lowest BCUT2D eigenvalue weighted by molar-refractivity contribution is -0.146. The van der Waals surface area contributed by atoms with Crippen LogP contribution in [0.15, 0.2) is 61.2 Å². The second kappa shape index (κ2) is 11.3. The molecule has 0 radical (unpaired) electrons. The number of rotatable bonds is 8. The van der Waals surface area contributed by atoms with E-state index >= 15 is 0 Å². The Morgan fingerprint density at radius 3 is 2.43 bits per heavy atom. The minimum Gasteiger partial charge on any atom is -0.382 e. The first kappa shape index (κ1) is 27.2. The van der Waals surface area contributed by atoms with Crippen LogP contribution in [-0.2, 0) is 27.8 Å². The number of alkyl halides is 3. The number of nitrogens with zero attached hydrogens (tertiary/aromatic N) is 3. The van der Waals surface area contributed by atoms with Gasteiger partial charge in [-0.15, -0.1) is 11.8 Å². The standard InChI is InChI=1S/C25H24F5N3O3S/c1-16(24(34,13-33-15-31-14-32-33)21-8-7-19(26)10-22(21)27)37-20-11-35-23(36-12-20)9-4-17-2-5-18(6-3-17)25(28,29)30/h2-10,14-16,20,23,34H,11-13H2,1H3/b9-4+/t16-,20?,23?,24+/m0/s1. The molecule has 37 heavy (non-hydrogen) atoms. The van der Waals surface area contributed by atoms with E-state index in [2.05, 4.69) is 10.1 Å². The predicted molar refractivity (Wildman–Crippen MR) is 127 cm³/mol. The minimum atomic E-state index is -4.40. The summed E-state index contributed by atoms with van der Waals surface area (Å²) in [6, 6.07) is 7.73. The normalized spacial score (nSPS) is 21.2. The summed E-state index contributed by atoms with van der Waals surface area (Å²) in [6.07, 6.45) is 0.797. The van der Waals surface area contributed by atoms with Crippen molar-refractivity contribution in [1.82, 2.24) is 14.8 Å². The van der Waals surface area contributed by atoms with E-state index in [1.54, 1.807) is 19.1 Å². The molecule has 6 nitrogen and oxygen atoms in total. The number of benzene rings is 2. The topological polar surface area (TPSA) is 69.4 Å². The molecule has 0 aliphatic carbocycles. The van der Waals surface area contributed by atoms with Crippen LogP contribution in [0.5, 0.6) is 0 Å². The van der Waals surface area contributed by atoms with Gasteiger partial charge in [-0.1, -0.05) is 31.2 Å². The molecule has 1 fully saturated rings. The van der Waals surface area contributed by atoms with Gasteiger partial charge in [-0.2, -0.15) is 18.3 Å². The molecule has 3 aromatic rings. The van der Waals surface area contributed by atoms with E-state index in [1.165, 1.54) is 47.3 Å². The lowest BCUT2D eigenvalue weighted by atomic mass is 9.90. The lowest BCUT2D eigenvalue weighted by Gasteiger charge is -2.37. The molecule has 1 aromatic heterocycles. The molecule has 2 heterocycles. The molecule has 4 rings (SSSR count). The number of halogens is 5. The van der Waals surface area contributed by atoms with Crippen LogP contribution < -0.4 is 0 Å². The third-order valence-electron chi connectivity index (χ3n) is 5.91. The summed E-state index contributed by atoms with van der Waals surface area (Å²) in [5, 5.41) is 14.8. The molecule has 0 saturated carbocycles. The molecule has 198 valence electrons. The van der Waals surface area contributed by atoms with E-state index in [0.717, 1.165) is 24.3 Å². The molecule has 1 aliphatic rings. The number of thioether (sulfide) groups is 1. The molecule has 0 amide bonds. The number of aliphatic hydroxyl groups is 1. The van der Waals surface area contributed by atoms with Gasteiger partial charge in [-0.05, 0) is 29.8 Å². The van der Waals surface area contributed by atoms with Crippen molar-refractivity contribution >= 4 is 17.8 Å². The summed E-state index contributed by atoms with van der Waals surface area (Å²) in [4.78, 5) is 3.86. The third-order valence-corrected chi connectivity index (χ3v) is 7.37. The lowest BCUT2D eigenvalue weighted by Crippen LogP contribution is -2.43.